The summed E-state index contributed by atoms with van der Waals surface area (Å²) in [5.74, 6) is 0.842. The third-order valence-corrected chi connectivity index (χ3v) is 5.30. The van der Waals surface area contributed by atoms with E-state index in [1.807, 2.05) is 6.07 Å². The first-order valence-electron chi connectivity index (χ1n) is 8.77. The highest BCUT2D eigenvalue weighted by Gasteiger charge is 2.25. The number of para-hydroxylation sites is 1. The molecule has 2 heterocycles. The second kappa shape index (κ2) is 5.21. The van der Waals surface area contributed by atoms with E-state index in [0.717, 1.165) is 30.2 Å². The average Bonchev–Trinajstić information content (AvgIpc) is 3.16. The number of benzene rings is 3. The number of fused-ring (bicyclic) bond motifs is 4. The van der Waals surface area contributed by atoms with Gasteiger partial charge in [-0.3, -0.25) is 5.73 Å². The second-order valence-electron chi connectivity index (χ2n) is 6.59. The van der Waals surface area contributed by atoms with Gasteiger partial charge in [0, 0.05) is 33.9 Å². The standard InChI is InChI=1S/C22H19N3/c1-2-24-20-10-6-5-9-18(20)19-13-16(11-12-21(19)24)25-14-15-7-3-4-8-17(15)22(25)23/h3-13,23H,2,14H2,1H3/p+1. The molecule has 0 fully saturated rings. The minimum atomic E-state index is 0.833. The van der Waals surface area contributed by atoms with Gasteiger partial charge in [-0.15, -0.1) is 0 Å². The van der Waals surface area contributed by atoms with Crippen LogP contribution in [0.2, 0.25) is 0 Å². The number of rotatable bonds is 2. The molecule has 0 aliphatic carbocycles. The largest absolute Gasteiger partial charge is 0.341 e. The molecule has 4 aromatic rings. The fourth-order valence-corrected chi connectivity index (χ4v) is 4.09. The lowest BCUT2D eigenvalue weighted by Gasteiger charge is -2.05. The SMILES string of the molecule is CCn1c2ccccc2c2cc([N+]3=C(N)c4ccccc4C3)ccc21. The molecule has 0 bridgehead atoms. The van der Waals surface area contributed by atoms with Crippen molar-refractivity contribution in [1.82, 2.24) is 4.57 Å². The van der Waals surface area contributed by atoms with Gasteiger partial charge in [0.05, 0.1) is 5.56 Å². The summed E-state index contributed by atoms with van der Waals surface area (Å²) in [6, 6.07) is 23.7. The van der Waals surface area contributed by atoms with Gasteiger partial charge in [-0.25, -0.2) is 4.58 Å². The van der Waals surface area contributed by atoms with Crippen LogP contribution < -0.4 is 5.73 Å². The Labute approximate surface area is 146 Å². The van der Waals surface area contributed by atoms with Gasteiger partial charge in [0.25, 0.3) is 5.84 Å². The van der Waals surface area contributed by atoms with Crippen molar-refractivity contribution < 1.29 is 4.58 Å². The summed E-state index contributed by atoms with van der Waals surface area (Å²) in [7, 11) is 0. The molecule has 2 N–H and O–H groups in total. The molecule has 1 aliphatic heterocycles. The smallest absolute Gasteiger partial charge is 0.280 e. The van der Waals surface area contributed by atoms with E-state index in [4.69, 9.17) is 5.73 Å². The first-order valence-corrected chi connectivity index (χ1v) is 8.77. The van der Waals surface area contributed by atoms with Gasteiger partial charge in [-0.2, -0.15) is 0 Å². The molecule has 3 nitrogen and oxygen atoms in total. The first-order chi connectivity index (χ1) is 12.3. The number of nitrogens with two attached hydrogens (primary N) is 1. The molecule has 5 rings (SSSR count). The Bertz CT molecular complexity index is 1160. The summed E-state index contributed by atoms with van der Waals surface area (Å²) in [4.78, 5) is 0. The van der Waals surface area contributed by atoms with Gasteiger partial charge in [-0.05, 0) is 37.3 Å². The summed E-state index contributed by atoms with van der Waals surface area (Å²) in [5.41, 5.74) is 12.6. The van der Waals surface area contributed by atoms with Crippen LogP contribution in [-0.2, 0) is 13.1 Å². The van der Waals surface area contributed by atoms with Crippen molar-refractivity contribution >= 4 is 33.3 Å². The zero-order chi connectivity index (χ0) is 17.0. The maximum absolute atomic E-state index is 6.45. The second-order valence-corrected chi connectivity index (χ2v) is 6.59. The average molecular weight is 326 g/mol. The minimum Gasteiger partial charge on any atom is -0.341 e. The summed E-state index contributed by atoms with van der Waals surface area (Å²) >= 11 is 0. The number of amidine groups is 1. The summed E-state index contributed by atoms with van der Waals surface area (Å²) in [5, 5.41) is 2.59. The van der Waals surface area contributed by atoms with Crippen molar-refractivity contribution in [2.24, 2.45) is 5.73 Å². The molecule has 0 amide bonds. The maximum atomic E-state index is 6.45. The third kappa shape index (κ3) is 1.96. The summed E-state index contributed by atoms with van der Waals surface area (Å²) in [6.07, 6.45) is 0. The predicted molar refractivity (Wildman–Crippen MR) is 103 cm³/mol. The molecule has 25 heavy (non-hydrogen) atoms. The molecule has 0 radical (unpaired) electrons. The number of aryl methyl sites for hydroxylation is 1. The lowest BCUT2D eigenvalue weighted by atomic mass is 10.1. The van der Waals surface area contributed by atoms with E-state index in [1.54, 1.807) is 0 Å². The molecule has 1 aliphatic rings. The molecule has 0 saturated heterocycles. The van der Waals surface area contributed by atoms with E-state index >= 15 is 0 Å². The number of nitrogens with zero attached hydrogens (tertiary/aromatic N) is 2. The Kier molecular flexibility index (Phi) is 2.98. The number of hydrogen-bond donors (Lipinski definition) is 1. The molecule has 0 atom stereocenters. The molecule has 0 saturated carbocycles. The molecule has 1 aromatic heterocycles. The highest BCUT2D eigenvalue weighted by Crippen LogP contribution is 2.33. The zero-order valence-electron chi connectivity index (χ0n) is 14.2. The van der Waals surface area contributed by atoms with Gasteiger partial charge < -0.3 is 4.57 Å². The fourth-order valence-electron chi connectivity index (χ4n) is 4.09. The van der Waals surface area contributed by atoms with Crippen molar-refractivity contribution in [3.8, 4) is 0 Å². The van der Waals surface area contributed by atoms with Crippen molar-refractivity contribution in [3.05, 3.63) is 77.9 Å². The summed E-state index contributed by atoms with van der Waals surface area (Å²) < 4.78 is 4.59. The highest BCUT2D eigenvalue weighted by atomic mass is 15.1. The van der Waals surface area contributed by atoms with Crippen molar-refractivity contribution in [2.45, 2.75) is 20.0 Å². The highest BCUT2D eigenvalue weighted by molar-refractivity contribution is 6.09. The predicted octanol–water partition coefficient (Wildman–Crippen LogP) is 4.38. The van der Waals surface area contributed by atoms with E-state index in [0.29, 0.717) is 0 Å². The molecule has 0 spiro atoms. The topological polar surface area (TPSA) is 34.0 Å². The van der Waals surface area contributed by atoms with Gasteiger partial charge in [-0.1, -0.05) is 36.4 Å². The van der Waals surface area contributed by atoms with Gasteiger partial charge >= 0.3 is 0 Å². The van der Waals surface area contributed by atoms with Crippen molar-refractivity contribution in [3.63, 3.8) is 0 Å². The molecule has 0 unspecified atom stereocenters. The monoisotopic (exact) mass is 326 g/mol. The van der Waals surface area contributed by atoms with E-state index in [-0.39, 0.29) is 0 Å². The Hall–Kier alpha value is -3.07. The molecular weight excluding hydrogens is 306 g/mol. The van der Waals surface area contributed by atoms with Crippen LogP contribution in [-0.4, -0.2) is 15.0 Å². The van der Waals surface area contributed by atoms with Crippen LogP contribution in [0.5, 0.6) is 0 Å². The summed E-state index contributed by atoms with van der Waals surface area (Å²) in [6.45, 7) is 4.00. The van der Waals surface area contributed by atoms with Crippen molar-refractivity contribution in [2.75, 3.05) is 0 Å². The lowest BCUT2D eigenvalue weighted by molar-refractivity contribution is -0.453. The lowest BCUT2D eigenvalue weighted by Crippen LogP contribution is -2.19. The molecule has 3 heteroatoms. The van der Waals surface area contributed by atoms with Crippen LogP contribution in [0.15, 0.2) is 66.7 Å². The molecular formula is C22H20N3+. The number of hydrogen-bond acceptors (Lipinski definition) is 1. The van der Waals surface area contributed by atoms with Crippen LogP contribution in [0.4, 0.5) is 5.69 Å². The Balaban J connectivity index is 1.75. The van der Waals surface area contributed by atoms with Crippen LogP contribution >= 0.6 is 0 Å². The van der Waals surface area contributed by atoms with E-state index < -0.39 is 0 Å². The Morgan fingerprint density at radius 3 is 2.52 bits per heavy atom. The Morgan fingerprint density at radius 2 is 1.68 bits per heavy atom. The quantitative estimate of drug-likeness (QED) is 0.545. The van der Waals surface area contributed by atoms with Crippen LogP contribution in [0.3, 0.4) is 0 Å². The Morgan fingerprint density at radius 1 is 0.920 bits per heavy atom. The van der Waals surface area contributed by atoms with Crippen LogP contribution in [0, 0.1) is 0 Å². The van der Waals surface area contributed by atoms with Crippen LogP contribution in [0.25, 0.3) is 21.8 Å². The van der Waals surface area contributed by atoms with Gasteiger partial charge in [0.15, 0.2) is 0 Å². The minimum absolute atomic E-state index is 0.833. The maximum Gasteiger partial charge on any atom is 0.280 e. The zero-order valence-corrected chi connectivity index (χ0v) is 14.2. The normalized spacial score (nSPS) is 13.8. The first kappa shape index (κ1) is 14.3. The van der Waals surface area contributed by atoms with E-state index in [1.165, 1.54) is 27.4 Å². The third-order valence-electron chi connectivity index (χ3n) is 5.30. The van der Waals surface area contributed by atoms with E-state index in [2.05, 4.69) is 76.7 Å². The van der Waals surface area contributed by atoms with Gasteiger partial charge in [0.1, 0.15) is 12.2 Å². The van der Waals surface area contributed by atoms with Crippen molar-refractivity contribution in [1.29, 1.82) is 0 Å². The molecule has 122 valence electrons. The number of aromatic nitrogens is 1. The molecule has 3 aromatic carbocycles. The fraction of sp³-hybridized carbons (Fsp3) is 0.136. The van der Waals surface area contributed by atoms with E-state index in [9.17, 15) is 0 Å². The van der Waals surface area contributed by atoms with Crippen LogP contribution in [0.1, 0.15) is 18.1 Å². The van der Waals surface area contributed by atoms with Gasteiger partial charge in [0.2, 0.25) is 0 Å².